The van der Waals surface area contributed by atoms with Gasteiger partial charge in [-0.3, -0.25) is 14.6 Å². The van der Waals surface area contributed by atoms with E-state index < -0.39 is 17.6 Å². The number of nitrogens with zero attached hydrogens (tertiary/aromatic N) is 1. The molecule has 29 heavy (non-hydrogen) atoms. The van der Waals surface area contributed by atoms with Crippen molar-refractivity contribution in [1.29, 1.82) is 0 Å². The van der Waals surface area contributed by atoms with Crippen molar-refractivity contribution in [2.45, 2.75) is 44.8 Å². The minimum absolute atomic E-state index is 0.0443. The van der Waals surface area contributed by atoms with Crippen molar-refractivity contribution in [3.8, 4) is 5.75 Å². The Hall–Kier alpha value is -3.00. The molecule has 0 bridgehead atoms. The fourth-order valence-corrected chi connectivity index (χ4v) is 3.73. The van der Waals surface area contributed by atoms with E-state index in [4.69, 9.17) is 15.2 Å². The molecule has 154 valence electrons. The van der Waals surface area contributed by atoms with Crippen LogP contribution in [0.5, 0.6) is 5.75 Å². The van der Waals surface area contributed by atoms with Gasteiger partial charge in [-0.2, -0.15) is 0 Å². The fourth-order valence-electron chi connectivity index (χ4n) is 3.73. The number of anilines is 1. The van der Waals surface area contributed by atoms with Crippen molar-refractivity contribution >= 4 is 17.5 Å². The predicted octanol–water partition coefficient (Wildman–Crippen LogP) is 2.93. The van der Waals surface area contributed by atoms with Crippen molar-refractivity contribution in [2.24, 2.45) is 5.73 Å². The van der Waals surface area contributed by atoms with E-state index in [0.29, 0.717) is 29.0 Å². The van der Waals surface area contributed by atoms with Crippen LogP contribution in [0.4, 0.5) is 10.1 Å². The number of ether oxygens (including phenoxy) is 2. The Morgan fingerprint density at radius 3 is 2.72 bits per heavy atom. The van der Waals surface area contributed by atoms with E-state index in [0.717, 1.165) is 0 Å². The molecule has 2 amide bonds. The van der Waals surface area contributed by atoms with Gasteiger partial charge in [0.15, 0.2) is 0 Å². The topological polar surface area (TPSA) is 104 Å². The van der Waals surface area contributed by atoms with Crippen LogP contribution in [0.25, 0.3) is 0 Å². The lowest BCUT2D eigenvalue weighted by molar-refractivity contribution is -0.130. The van der Waals surface area contributed by atoms with Gasteiger partial charge in [-0.1, -0.05) is 6.07 Å². The summed E-state index contributed by atoms with van der Waals surface area (Å²) in [5.41, 5.74) is 6.21. The van der Waals surface area contributed by atoms with E-state index in [1.807, 2.05) is 13.8 Å². The predicted molar refractivity (Wildman–Crippen MR) is 105 cm³/mol. The number of hydrogen-bond donors (Lipinski definition) is 2. The second-order valence-electron chi connectivity index (χ2n) is 7.69. The molecule has 2 heterocycles. The molecule has 1 saturated heterocycles. The molecular formula is C21H24FN3O4. The molecule has 3 rings (SSSR count). The first kappa shape index (κ1) is 20.7. The van der Waals surface area contributed by atoms with Gasteiger partial charge >= 0.3 is 0 Å². The van der Waals surface area contributed by atoms with E-state index in [1.54, 1.807) is 19.1 Å². The summed E-state index contributed by atoms with van der Waals surface area (Å²) in [6.45, 7) is 5.43. The average molecular weight is 401 g/mol. The summed E-state index contributed by atoms with van der Waals surface area (Å²) < 4.78 is 25.5. The largest absolute Gasteiger partial charge is 0.496 e. The molecule has 0 saturated carbocycles. The summed E-state index contributed by atoms with van der Waals surface area (Å²) in [6.07, 6.45) is 1.11. The number of aromatic nitrogens is 1. The van der Waals surface area contributed by atoms with Gasteiger partial charge in [-0.25, -0.2) is 4.39 Å². The van der Waals surface area contributed by atoms with Gasteiger partial charge in [0.05, 0.1) is 12.7 Å². The quantitative estimate of drug-likeness (QED) is 0.802. The summed E-state index contributed by atoms with van der Waals surface area (Å²) in [5.74, 6) is -1.37. The van der Waals surface area contributed by atoms with E-state index in [-0.39, 0.29) is 23.3 Å². The molecule has 0 aliphatic carbocycles. The van der Waals surface area contributed by atoms with Gasteiger partial charge in [0, 0.05) is 28.9 Å². The van der Waals surface area contributed by atoms with Crippen molar-refractivity contribution in [3.05, 3.63) is 53.1 Å². The molecule has 1 aliphatic rings. The summed E-state index contributed by atoms with van der Waals surface area (Å²) in [7, 11) is 1.48. The van der Waals surface area contributed by atoms with E-state index in [9.17, 15) is 14.0 Å². The van der Waals surface area contributed by atoms with Crippen LogP contribution in [0.15, 0.2) is 30.5 Å². The second kappa shape index (κ2) is 7.79. The third kappa shape index (κ3) is 4.22. The molecular weight excluding hydrogens is 377 g/mol. The lowest BCUT2D eigenvalue weighted by Crippen LogP contribution is -2.33. The van der Waals surface area contributed by atoms with Gasteiger partial charge in [0.1, 0.15) is 23.4 Å². The van der Waals surface area contributed by atoms with Crippen LogP contribution in [-0.2, 0) is 9.53 Å². The number of rotatable bonds is 5. The van der Waals surface area contributed by atoms with Crippen LogP contribution in [0.3, 0.4) is 0 Å². The number of nitrogens with two attached hydrogens (primary N) is 1. The molecule has 1 aliphatic heterocycles. The number of halogens is 1. The monoisotopic (exact) mass is 401 g/mol. The SMILES string of the molecule is COc1c([C@@H]2CC(C)(C)O[C@H]2C(=O)Nc2ccnc(C(N)=O)c2)ccc(F)c1C. The number of amides is 2. The zero-order valence-electron chi connectivity index (χ0n) is 16.8. The number of carbonyl (C=O) groups excluding carboxylic acids is 2. The van der Waals surface area contributed by atoms with Crippen LogP contribution in [0.2, 0.25) is 0 Å². The Bertz CT molecular complexity index is 961. The van der Waals surface area contributed by atoms with Crippen molar-refractivity contribution in [3.63, 3.8) is 0 Å². The van der Waals surface area contributed by atoms with Crippen molar-refractivity contribution in [1.82, 2.24) is 4.98 Å². The summed E-state index contributed by atoms with van der Waals surface area (Å²) in [4.78, 5) is 28.2. The molecule has 2 aromatic rings. The highest BCUT2D eigenvalue weighted by Crippen LogP contribution is 2.45. The third-order valence-corrected chi connectivity index (χ3v) is 5.04. The fraction of sp³-hybridized carbons (Fsp3) is 0.381. The maximum absolute atomic E-state index is 14.0. The van der Waals surface area contributed by atoms with Crippen LogP contribution in [-0.4, -0.2) is 35.6 Å². The molecule has 0 unspecified atom stereocenters. The number of nitrogens with one attached hydrogen (secondary N) is 1. The van der Waals surface area contributed by atoms with Crippen LogP contribution >= 0.6 is 0 Å². The number of methoxy groups -OCH3 is 1. The van der Waals surface area contributed by atoms with Gasteiger partial charge in [-0.15, -0.1) is 0 Å². The molecule has 0 radical (unpaired) electrons. The standard InChI is InChI=1S/C21H24FN3O4/c1-11-15(22)6-5-13(17(11)28-4)14-10-21(2,3)29-18(14)20(27)25-12-7-8-24-16(9-12)19(23)26/h5-9,14,18H,10H2,1-4H3,(H2,23,26)(H,24,25,27)/t14-,18+/m0/s1. The maximum Gasteiger partial charge on any atom is 0.267 e. The maximum atomic E-state index is 14.0. The Morgan fingerprint density at radius 2 is 2.07 bits per heavy atom. The molecule has 7 nitrogen and oxygen atoms in total. The first-order valence-electron chi connectivity index (χ1n) is 9.20. The first-order valence-corrected chi connectivity index (χ1v) is 9.20. The number of hydrogen-bond acceptors (Lipinski definition) is 5. The van der Waals surface area contributed by atoms with Crippen LogP contribution in [0, 0.1) is 12.7 Å². The zero-order chi connectivity index (χ0) is 21.3. The van der Waals surface area contributed by atoms with Gasteiger partial charge in [0.25, 0.3) is 11.8 Å². The van der Waals surface area contributed by atoms with Crippen LogP contribution < -0.4 is 15.8 Å². The Labute approximate surface area is 168 Å². The van der Waals surface area contributed by atoms with Gasteiger partial charge in [0.2, 0.25) is 0 Å². The van der Waals surface area contributed by atoms with E-state index in [2.05, 4.69) is 10.3 Å². The van der Waals surface area contributed by atoms with Gasteiger partial charge in [-0.05, 0) is 45.4 Å². The smallest absolute Gasteiger partial charge is 0.267 e. The van der Waals surface area contributed by atoms with Gasteiger partial charge < -0.3 is 20.5 Å². The van der Waals surface area contributed by atoms with Crippen molar-refractivity contribution < 1.29 is 23.5 Å². The summed E-state index contributed by atoms with van der Waals surface area (Å²) in [6, 6.07) is 5.96. The number of primary amides is 1. The normalized spacial score (nSPS) is 20.3. The minimum Gasteiger partial charge on any atom is -0.496 e. The molecule has 2 atom stereocenters. The zero-order valence-corrected chi connectivity index (χ0v) is 16.8. The molecule has 1 aromatic carbocycles. The Balaban J connectivity index is 1.93. The minimum atomic E-state index is -0.825. The number of carbonyl (C=O) groups is 2. The lowest BCUT2D eigenvalue weighted by atomic mass is 9.86. The van der Waals surface area contributed by atoms with Crippen molar-refractivity contribution in [2.75, 3.05) is 12.4 Å². The van der Waals surface area contributed by atoms with Crippen LogP contribution in [0.1, 0.15) is 47.8 Å². The molecule has 0 spiro atoms. The first-order chi connectivity index (χ1) is 13.6. The molecule has 8 heteroatoms. The average Bonchev–Trinajstić information content (AvgIpc) is 2.99. The highest BCUT2D eigenvalue weighted by Gasteiger charge is 2.46. The lowest BCUT2D eigenvalue weighted by Gasteiger charge is -2.22. The summed E-state index contributed by atoms with van der Waals surface area (Å²) in [5, 5.41) is 2.75. The number of pyridine rings is 1. The van der Waals surface area contributed by atoms with E-state index in [1.165, 1.54) is 25.4 Å². The highest BCUT2D eigenvalue weighted by atomic mass is 19.1. The highest BCUT2D eigenvalue weighted by molar-refractivity contribution is 5.97. The van der Waals surface area contributed by atoms with E-state index >= 15 is 0 Å². The molecule has 1 fully saturated rings. The third-order valence-electron chi connectivity index (χ3n) is 5.04. The second-order valence-corrected chi connectivity index (χ2v) is 7.69. The molecule has 3 N–H and O–H groups in total. The number of benzene rings is 1. The Morgan fingerprint density at radius 1 is 1.34 bits per heavy atom. The molecule has 1 aromatic heterocycles. The Kier molecular flexibility index (Phi) is 5.57. The summed E-state index contributed by atoms with van der Waals surface area (Å²) >= 11 is 0.